The maximum absolute atomic E-state index is 13.4. The van der Waals surface area contributed by atoms with Crippen molar-refractivity contribution in [1.29, 1.82) is 5.26 Å². The van der Waals surface area contributed by atoms with Gasteiger partial charge in [-0.25, -0.2) is 0 Å². The zero-order chi connectivity index (χ0) is 35.4. The van der Waals surface area contributed by atoms with E-state index in [1.54, 1.807) is 107 Å². The summed E-state index contributed by atoms with van der Waals surface area (Å²) in [7, 11) is 0. The third-order valence-electron chi connectivity index (χ3n) is 6.83. The van der Waals surface area contributed by atoms with E-state index in [2.05, 4.69) is 11.4 Å². The number of benzene rings is 1. The summed E-state index contributed by atoms with van der Waals surface area (Å²) < 4.78 is 29.9. The molecule has 1 aliphatic rings. The van der Waals surface area contributed by atoms with Gasteiger partial charge in [0.1, 0.15) is 18.8 Å². The number of carbonyl (C=O) groups excluding carboxylic acids is 4. The van der Waals surface area contributed by atoms with Gasteiger partial charge in [0.2, 0.25) is 0 Å². The number of nitrogens with one attached hydrogen (secondary N) is 1. The lowest BCUT2D eigenvalue weighted by Gasteiger charge is -2.46. The van der Waals surface area contributed by atoms with Gasteiger partial charge in [-0.1, -0.05) is 23.7 Å². The van der Waals surface area contributed by atoms with E-state index in [4.69, 9.17) is 35.3 Å². The Hall–Kier alpha value is -3.20. The van der Waals surface area contributed by atoms with Crippen LogP contribution < -0.4 is 5.32 Å². The van der Waals surface area contributed by atoms with Crippen molar-refractivity contribution in [2.45, 2.75) is 120 Å². The fourth-order valence-electron chi connectivity index (χ4n) is 3.92. The molecule has 12 heteroatoms. The van der Waals surface area contributed by atoms with Crippen molar-refractivity contribution in [3.05, 3.63) is 34.9 Å². The molecule has 0 amide bonds. The van der Waals surface area contributed by atoms with Crippen LogP contribution in [-0.2, 0) is 42.9 Å². The largest absolute Gasteiger partial charge is 0.462 e. The van der Waals surface area contributed by atoms with Crippen molar-refractivity contribution in [1.82, 2.24) is 5.32 Å². The maximum Gasteiger partial charge on any atom is 0.311 e. The van der Waals surface area contributed by atoms with Crippen LogP contribution >= 0.6 is 11.6 Å². The van der Waals surface area contributed by atoms with E-state index in [1.165, 1.54) is 0 Å². The molecule has 1 aromatic carbocycles. The maximum atomic E-state index is 13.4. The Morgan fingerprint density at radius 2 is 1.24 bits per heavy atom. The minimum Gasteiger partial charge on any atom is -0.462 e. The lowest BCUT2D eigenvalue weighted by Crippen LogP contribution is -2.66. The van der Waals surface area contributed by atoms with Crippen LogP contribution in [0.15, 0.2) is 24.3 Å². The topological polar surface area (TPSA) is 150 Å². The van der Waals surface area contributed by atoms with Crippen LogP contribution in [-0.4, -0.2) is 61.1 Å². The third-order valence-corrected chi connectivity index (χ3v) is 7.07. The number of esters is 4. The molecule has 0 aromatic heterocycles. The van der Waals surface area contributed by atoms with Crippen LogP contribution in [0.3, 0.4) is 0 Å². The molecule has 0 bridgehead atoms. The third kappa shape index (κ3) is 10.7. The SMILES string of the molecule is CC(C)(C)C(=O)OC[C@H]1O[C@@H](N[C@H](C#N)c2cccc(Cl)c2)[C@H](OC(=O)C(C)(C)C)[C@@H](OC(=O)C(C)(C)C)[C@H]1OC(=O)C(C)(C)C. The number of hydrogen-bond donors (Lipinski definition) is 1. The Morgan fingerprint density at radius 3 is 1.67 bits per heavy atom. The molecule has 6 atom stereocenters. The molecular weight excluding hydrogens is 616 g/mol. The Morgan fingerprint density at radius 1 is 0.783 bits per heavy atom. The normalized spacial score (nSPS) is 23.0. The fraction of sp³-hybridized carbons (Fsp3) is 0.676. The van der Waals surface area contributed by atoms with Crippen LogP contribution in [0.4, 0.5) is 0 Å². The number of ether oxygens (including phenoxy) is 5. The summed E-state index contributed by atoms with van der Waals surface area (Å²) in [5.74, 6) is -2.56. The summed E-state index contributed by atoms with van der Waals surface area (Å²) in [6, 6.07) is 7.72. The summed E-state index contributed by atoms with van der Waals surface area (Å²) >= 11 is 6.20. The highest BCUT2D eigenvalue weighted by atomic mass is 35.5. The first-order valence-corrected chi connectivity index (χ1v) is 15.6. The molecule has 2 rings (SSSR count). The smallest absolute Gasteiger partial charge is 0.311 e. The molecule has 1 heterocycles. The van der Waals surface area contributed by atoms with E-state index in [0.717, 1.165) is 0 Å². The second kappa shape index (κ2) is 14.7. The molecule has 0 unspecified atom stereocenters. The number of halogens is 1. The van der Waals surface area contributed by atoms with Gasteiger partial charge in [-0.2, -0.15) is 5.26 Å². The molecule has 0 saturated carbocycles. The van der Waals surface area contributed by atoms with Gasteiger partial charge in [0.05, 0.1) is 27.7 Å². The Labute approximate surface area is 277 Å². The second-order valence-electron chi connectivity index (χ2n) is 15.6. The van der Waals surface area contributed by atoms with Crippen molar-refractivity contribution in [2.24, 2.45) is 21.7 Å². The number of rotatable bonds is 8. The van der Waals surface area contributed by atoms with E-state index in [1.807, 2.05) is 0 Å². The van der Waals surface area contributed by atoms with E-state index >= 15 is 0 Å². The molecule has 1 aromatic rings. The molecular formula is C34H49ClN2O9. The average molecular weight is 665 g/mol. The summed E-state index contributed by atoms with van der Waals surface area (Å²) in [6.45, 7) is 19.4. The zero-order valence-electron chi connectivity index (χ0n) is 29.0. The number of nitrogens with zero attached hydrogens (tertiary/aromatic N) is 1. The molecule has 0 spiro atoms. The minimum absolute atomic E-state index is 0.387. The van der Waals surface area contributed by atoms with E-state index in [9.17, 15) is 24.4 Å². The first-order valence-electron chi connectivity index (χ1n) is 15.2. The van der Waals surface area contributed by atoms with Gasteiger partial charge in [0.15, 0.2) is 24.5 Å². The monoisotopic (exact) mass is 664 g/mol. The van der Waals surface area contributed by atoms with Crippen molar-refractivity contribution in [3.63, 3.8) is 0 Å². The van der Waals surface area contributed by atoms with Gasteiger partial charge in [0, 0.05) is 5.02 Å². The number of nitriles is 1. The highest BCUT2D eigenvalue weighted by molar-refractivity contribution is 6.30. The predicted octanol–water partition coefficient (Wildman–Crippen LogP) is 5.68. The van der Waals surface area contributed by atoms with Crippen LogP contribution in [0.1, 0.15) is 94.7 Å². The first-order chi connectivity index (χ1) is 20.9. The quantitative estimate of drug-likeness (QED) is 0.270. The van der Waals surface area contributed by atoms with Crippen LogP contribution in [0.25, 0.3) is 0 Å². The molecule has 1 fully saturated rings. The van der Waals surface area contributed by atoms with Gasteiger partial charge >= 0.3 is 23.9 Å². The minimum atomic E-state index is -1.44. The van der Waals surface area contributed by atoms with Crippen molar-refractivity contribution >= 4 is 35.5 Å². The van der Waals surface area contributed by atoms with Crippen LogP contribution in [0.2, 0.25) is 5.02 Å². The van der Waals surface area contributed by atoms with Gasteiger partial charge in [0.25, 0.3) is 0 Å². The Kier molecular flexibility index (Phi) is 12.5. The van der Waals surface area contributed by atoms with Gasteiger partial charge < -0.3 is 23.7 Å². The van der Waals surface area contributed by atoms with E-state index in [0.29, 0.717) is 10.6 Å². The highest BCUT2D eigenvalue weighted by Gasteiger charge is 2.55. The molecule has 256 valence electrons. The predicted molar refractivity (Wildman–Crippen MR) is 170 cm³/mol. The summed E-state index contributed by atoms with van der Waals surface area (Å²) in [5, 5.41) is 13.6. The number of carbonyl (C=O) groups is 4. The molecule has 11 nitrogen and oxygen atoms in total. The molecule has 0 aliphatic carbocycles. The van der Waals surface area contributed by atoms with Gasteiger partial charge in [-0.05, 0) is 101 Å². The van der Waals surface area contributed by atoms with Gasteiger partial charge in [-0.15, -0.1) is 0 Å². The fourth-order valence-corrected chi connectivity index (χ4v) is 4.12. The average Bonchev–Trinajstić information content (AvgIpc) is 2.90. The first kappa shape index (κ1) is 39.0. The Bertz CT molecular complexity index is 1310. The highest BCUT2D eigenvalue weighted by Crippen LogP contribution is 2.34. The zero-order valence-corrected chi connectivity index (χ0v) is 29.7. The standard InChI is InChI=1S/C34H49ClN2O9/c1-31(2,3)27(38)42-18-22-23(44-28(39)32(4,5)6)24(45-29(40)33(7,8)9)25(46-30(41)34(10,11)12)26(43-22)37-21(17-36)19-14-13-15-20(35)16-19/h13-16,21-26,37H,18H2,1-12H3/t21-,22-,23+,24+,25-,26-/m1/s1. The lowest BCUT2D eigenvalue weighted by molar-refractivity contribution is -0.265. The summed E-state index contributed by atoms with van der Waals surface area (Å²) in [4.78, 5) is 52.9. The van der Waals surface area contributed by atoms with E-state index < -0.39 is 88.8 Å². The molecule has 46 heavy (non-hydrogen) atoms. The molecule has 1 aliphatic heterocycles. The van der Waals surface area contributed by atoms with Gasteiger partial charge in [-0.3, -0.25) is 24.5 Å². The Balaban J connectivity index is 2.76. The second-order valence-corrected chi connectivity index (χ2v) is 16.0. The van der Waals surface area contributed by atoms with Crippen molar-refractivity contribution < 1.29 is 42.9 Å². The molecule has 1 N–H and O–H groups in total. The lowest BCUT2D eigenvalue weighted by atomic mass is 9.92. The summed E-state index contributed by atoms with van der Waals surface area (Å²) in [5.41, 5.74) is -3.38. The molecule has 1 saturated heterocycles. The van der Waals surface area contributed by atoms with Crippen LogP contribution in [0.5, 0.6) is 0 Å². The van der Waals surface area contributed by atoms with Crippen molar-refractivity contribution in [2.75, 3.05) is 6.61 Å². The van der Waals surface area contributed by atoms with Crippen LogP contribution in [0, 0.1) is 33.0 Å². The molecule has 0 radical (unpaired) electrons. The summed E-state index contributed by atoms with van der Waals surface area (Å²) in [6.07, 6.45) is -6.76. The number of hydrogen-bond acceptors (Lipinski definition) is 11. The van der Waals surface area contributed by atoms with Crippen molar-refractivity contribution in [3.8, 4) is 6.07 Å². The van der Waals surface area contributed by atoms with E-state index in [-0.39, 0.29) is 0 Å².